The Balaban J connectivity index is 1.53. The van der Waals surface area contributed by atoms with Crippen LogP contribution in [0.1, 0.15) is 42.3 Å². The number of aryl methyl sites for hydroxylation is 1. The van der Waals surface area contributed by atoms with Crippen molar-refractivity contribution in [1.29, 1.82) is 0 Å². The molecule has 0 atom stereocenters. The Bertz CT molecular complexity index is 1630. The first-order chi connectivity index (χ1) is 17.7. The summed E-state index contributed by atoms with van der Waals surface area (Å²) in [6, 6.07) is 25.5. The molecule has 0 aliphatic heterocycles. The lowest BCUT2D eigenvalue weighted by Crippen LogP contribution is -2.22. The maximum absolute atomic E-state index is 13.9. The zero-order valence-corrected chi connectivity index (χ0v) is 23.0. The van der Waals surface area contributed by atoms with Crippen molar-refractivity contribution in [3.8, 4) is 16.8 Å². The van der Waals surface area contributed by atoms with Crippen LogP contribution in [0.4, 0.5) is 0 Å². The van der Waals surface area contributed by atoms with Gasteiger partial charge in [0.15, 0.2) is 10.9 Å². The van der Waals surface area contributed by atoms with Crippen LogP contribution in [0.15, 0.2) is 94.2 Å². The summed E-state index contributed by atoms with van der Waals surface area (Å²) < 4.78 is 1.63. The topological polar surface area (TPSA) is 52.0 Å². The fraction of sp³-hybridized carbons (Fsp3) is 0.194. The van der Waals surface area contributed by atoms with E-state index in [-0.39, 0.29) is 22.5 Å². The summed E-state index contributed by atoms with van der Waals surface area (Å²) in [7, 11) is 0. The van der Waals surface area contributed by atoms with Gasteiger partial charge in [0.05, 0.1) is 16.8 Å². The van der Waals surface area contributed by atoms with Crippen LogP contribution >= 0.6 is 23.1 Å². The SMILES string of the molecule is Cc1ccc(-c2csc3nc(SCC(=O)c4ccc(C(C)(C)C)cc4)n(-c4ccccc4)c(=O)c23)cc1. The zero-order chi connectivity index (χ0) is 26.2. The molecule has 5 aromatic rings. The first kappa shape index (κ1) is 25.2. The van der Waals surface area contributed by atoms with Gasteiger partial charge in [0.2, 0.25) is 0 Å². The van der Waals surface area contributed by atoms with Gasteiger partial charge in [0, 0.05) is 16.5 Å². The van der Waals surface area contributed by atoms with E-state index in [1.807, 2.05) is 91.2 Å². The number of carbonyl (C=O) groups is 1. The molecule has 5 rings (SSSR count). The van der Waals surface area contributed by atoms with Crippen LogP contribution in [-0.4, -0.2) is 21.1 Å². The normalized spacial score (nSPS) is 11.7. The molecule has 2 aromatic heterocycles. The summed E-state index contributed by atoms with van der Waals surface area (Å²) in [5.41, 5.74) is 5.51. The largest absolute Gasteiger partial charge is 0.293 e. The Morgan fingerprint density at radius 2 is 1.62 bits per heavy atom. The number of Topliss-reactive ketones (excluding diaryl/α,β-unsaturated/α-hetero) is 1. The number of benzene rings is 3. The van der Waals surface area contributed by atoms with E-state index in [9.17, 15) is 9.59 Å². The highest BCUT2D eigenvalue weighted by Crippen LogP contribution is 2.33. The molecule has 0 spiro atoms. The minimum atomic E-state index is -0.127. The Morgan fingerprint density at radius 1 is 0.946 bits per heavy atom. The van der Waals surface area contributed by atoms with Crippen LogP contribution in [-0.2, 0) is 5.41 Å². The summed E-state index contributed by atoms with van der Waals surface area (Å²) in [6.07, 6.45) is 0. The van der Waals surface area contributed by atoms with Crippen molar-refractivity contribution in [3.63, 3.8) is 0 Å². The predicted molar refractivity (Wildman–Crippen MR) is 156 cm³/mol. The second-order valence-corrected chi connectivity index (χ2v) is 11.9. The van der Waals surface area contributed by atoms with Crippen molar-refractivity contribution in [1.82, 2.24) is 9.55 Å². The average molecular weight is 525 g/mol. The number of nitrogens with zero attached hydrogens (tertiary/aromatic N) is 2. The van der Waals surface area contributed by atoms with E-state index in [4.69, 9.17) is 4.98 Å². The molecule has 186 valence electrons. The maximum Gasteiger partial charge on any atom is 0.268 e. The summed E-state index contributed by atoms with van der Waals surface area (Å²) in [6.45, 7) is 8.50. The lowest BCUT2D eigenvalue weighted by molar-refractivity contribution is 0.102. The number of aromatic nitrogens is 2. The summed E-state index contributed by atoms with van der Waals surface area (Å²) in [5, 5.41) is 3.11. The van der Waals surface area contributed by atoms with E-state index in [1.165, 1.54) is 34.2 Å². The van der Waals surface area contributed by atoms with Gasteiger partial charge in [-0.15, -0.1) is 11.3 Å². The number of hydrogen-bond acceptors (Lipinski definition) is 5. The molecule has 37 heavy (non-hydrogen) atoms. The quantitative estimate of drug-likeness (QED) is 0.130. The second-order valence-electron chi connectivity index (χ2n) is 10.1. The molecular formula is C31H28N2O2S2. The Morgan fingerprint density at radius 3 is 2.27 bits per heavy atom. The van der Waals surface area contributed by atoms with Gasteiger partial charge in [-0.2, -0.15) is 0 Å². The predicted octanol–water partition coefficient (Wildman–Crippen LogP) is 7.70. The highest BCUT2D eigenvalue weighted by Gasteiger charge is 2.20. The van der Waals surface area contributed by atoms with Gasteiger partial charge in [-0.25, -0.2) is 4.98 Å². The second kappa shape index (κ2) is 10.1. The van der Waals surface area contributed by atoms with Crippen LogP contribution in [0, 0.1) is 6.92 Å². The molecule has 0 saturated heterocycles. The van der Waals surface area contributed by atoms with E-state index in [0.29, 0.717) is 20.9 Å². The lowest BCUT2D eigenvalue weighted by atomic mass is 9.86. The molecule has 0 saturated carbocycles. The summed E-state index contributed by atoms with van der Waals surface area (Å²) in [5.74, 6) is 0.196. The fourth-order valence-corrected chi connectivity index (χ4v) is 6.08. The Labute approximate surface area is 225 Å². The Hall–Kier alpha value is -3.48. The minimum Gasteiger partial charge on any atom is -0.293 e. The first-order valence-electron chi connectivity index (χ1n) is 12.2. The molecule has 0 radical (unpaired) electrons. The van der Waals surface area contributed by atoms with E-state index in [2.05, 4.69) is 20.8 Å². The fourth-order valence-electron chi connectivity index (χ4n) is 4.19. The lowest BCUT2D eigenvalue weighted by Gasteiger charge is -2.19. The van der Waals surface area contributed by atoms with Crippen molar-refractivity contribution in [3.05, 3.63) is 111 Å². The average Bonchev–Trinajstić information content (AvgIpc) is 3.32. The number of para-hydroxylation sites is 1. The van der Waals surface area contributed by atoms with Crippen LogP contribution < -0.4 is 5.56 Å². The van der Waals surface area contributed by atoms with Gasteiger partial charge in [0.25, 0.3) is 5.56 Å². The van der Waals surface area contributed by atoms with Crippen LogP contribution in [0.25, 0.3) is 27.0 Å². The molecule has 4 nitrogen and oxygen atoms in total. The van der Waals surface area contributed by atoms with Crippen LogP contribution in [0.3, 0.4) is 0 Å². The van der Waals surface area contributed by atoms with Gasteiger partial charge in [-0.3, -0.25) is 14.2 Å². The molecule has 3 aromatic carbocycles. The molecule has 0 aliphatic rings. The number of rotatable bonds is 6. The third-order valence-electron chi connectivity index (χ3n) is 6.36. The number of ketones is 1. The van der Waals surface area contributed by atoms with Gasteiger partial charge in [-0.1, -0.05) is 105 Å². The van der Waals surface area contributed by atoms with E-state index < -0.39 is 0 Å². The third-order valence-corrected chi connectivity index (χ3v) is 8.17. The molecule has 0 N–H and O–H groups in total. The molecule has 0 amide bonds. The van der Waals surface area contributed by atoms with Crippen molar-refractivity contribution < 1.29 is 4.79 Å². The zero-order valence-electron chi connectivity index (χ0n) is 21.3. The molecule has 0 aliphatic carbocycles. The van der Waals surface area contributed by atoms with Gasteiger partial charge < -0.3 is 0 Å². The standard InChI is InChI=1S/C31H28N2O2S2/c1-20-10-12-21(13-11-20)25-18-36-28-27(25)29(35)33(24-8-6-5-7-9-24)30(32-28)37-19-26(34)22-14-16-23(17-15-22)31(2,3)4/h5-18H,19H2,1-4H3. The number of thioether (sulfide) groups is 1. The minimum absolute atomic E-state index is 0.00550. The number of hydrogen-bond donors (Lipinski definition) is 0. The van der Waals surface area contributed by atoms with E-state index in [1.54, 1.807) is 4.57 Å². The Kier molecular flexibility index (Phi) is 6.88. The molecule has 0 bridgehead atoms. The molecule has 0 unspecified atom stereocenters. The van der Waals surface area contributed by atoms with Gasteiger partial charge in [0.1, 0.15) is 4.83 Å². The number of fused-ring (bicyclic) bond motifs is 1. The first-order valence-corrected chi connectivity index (χ1v) is 14.0. The molecule has 2 heterocycles. The van der Waals surface area contributed by atoms with Gasteiger partial charge in [-0.05, 0) is 35.6 Å². The van der Waals surface area contributed by atoms with Crippen molar-refractivity contribution in [2.45, 2.75) is 38.3 Å². The van der Waals surface area contributed by atoms with Crippen molar-refractivity contribution in [2.24, 2.45) is 0 Å². The molecular weight excluding hydrogens is 496 g/mol. The highest BCUT2D eigenvalue weighted by molar-refractivity contribution is 7.99. The summed E-state index contributed by atoms with van der Waals surface area (Å²) in [4.78, 5) is 32.6. The van der Waals surface area contributed by atoms with Crippen LogP contribution in [0.5, 0.6) is 0 Å². The monoisotopic (exact) mass is 524 g/mol. The highest BCUT2D eigenvalue weighted by atomic mass is 32.2. The van der Waals surface area contributed by atoms with Crippen LogP contribution in [0.2, 0.25) is 0 Å². The smallest absolute Gasteiger partial charge is 0.268 e. The van der Waals surface area contributed by atoms with E-state index >= 15 is 0 Å². The number of carbonyl (C=O) groups excluding carboxylic acids is 1. The maximum atomic E-state index is 13.9. The van der Waals surface area contributed by atoms with Crippen molar-refractivity contribution in [2.75, 3.05) is 5.75 Å². The number of thiophene rings is 1. The van der Waals surface area contributed by atoms with Gasteiger partial charge >= 0.3 is 0 Å². The van der Waals surface area contributed by atoms with Crippen molar-refractivity contribution >= 4 is 39.1 Å². The molecule has 6 heteroatoms. The summed E-state index contributed by atoms with van der Waals surface area (Å²) >= 11 is 2.76. The molecule has 0 fully saturated rings. The van der Waals surface area contributed by atoms with E-state index in [0.717, 1.165) is 16.8 Å². The third kappa shape index (κ3) is 5.17.